The van der Waals surface area contributed by atoms with Crippen molar-refractivity contribution in [2.24, 2.45) is 0 Å². The highest BCUT2D eigenvalue weighted by Crippen LogP contribution is 2.32. The monoisotopic (exact) mass is 559 g/mol. The number of amides is 1. The Balaban J connectivity index is 1.54. The third kappa shape index (κ3) is 6.35. The van der Waals surface area contributed by atoms with Gasteiger partial charge in [0, 0.05) is 25.1 Å². The van der Waals surface area contributed by atoms with E-state index in [1.54, 1.807) is 31.4 Å². The highest BCUT2D eigenvalue weighted by molar-refractivity contribution is 6.32. The Labute approximate surface area is 229 Å². The van der Waals surface area contributed by atoms with E-state index in [4.69, 9.17) is 37.4 Å². The lowest BCUT2D eigenvalue weighted by Gasteiger charge is -2.39. The van der Waals surface area contributed by atoms with Crippen LogP contribution in [0.3, 0.4) is 0 Å². The van der Waals surface area contributed by atoms with Gasteiger partial charge < -0.3 is 19.1 Å². The van der Waals surface area contributed by atoms with E-state index in [0.29, 0.717) is 29.3 Å². The number of methoxy groups -OCH3 is 1. The second-order valence-electron chi connectivity index (χ2n) is 8.82. The van der Waals surface area contributed by atoms with Gasteiger partial charge in [-0.25, -0.2) is 9.78 Å². The van der Waals surface area contributed by atoms with E-state index in [1.807, 2.05) is 0 Å². The van der Waals surface area contributed by atoms with Crippen LogP contribution in [0, 0.1) is 0 Å². The van der Waals surface area contributed by atoms with Crippen molar-refractivity contribution < 1.29 is 23.8 Å². The first-order valence-electron chi connectivity index (χ1n) is 12.0. The summed E-state index contributed by atoms with van der Waals surface area (Å²) in [6.07, 6.45) is 3.36. The van der Waals surface area contributed by atoms with Crippen molar-refractivity contribution in [3.8, 4) is 11.5 Å². The molecule has 200 valence electrons. The smallest absolute Gasteiger partial charge is 0.410 e. The van der Waals surface area contributed by atoms with Crippen molar-refractivity contribution in [1.82, 2.24) is 14.5 Å². The molecular formula is C27H27Cl2N3O6. The number of halogens is 2. The van der Waals surface area contributed by atoms with E-state index in [0.717, 1.165) is 6.42 Å². The standard InChI is InChI=1S/C27H27Cl2N3O6/c1-3-11-37-27(35)32-10-4-5-24(36-2)23(32)12-18(33)15-31-16-30-22-14-21(29)25(13-20(22)26(31)34)38-19-8-6-17(28)7-9-19/h3,6-9,13-14,16,23-24H,1,4-5,10-12,15H2,2H3/t23-,24+/m0/s1. The van der Waals surface area contributed by atoms with Gasteiger partial charge >= 0.3 is 6.09 Å². The van der Waals surface area contributed by atoms with Gasteiger partial charge in [-0.05, 0) is 49.2 Å². The molecule has 1 saturated heterocycles. The number of nitrogens with zero attached hydrogens (tertiary/aromatic N) is 3. The molecule has 0 aliphatic carbocycles. The molecule has 1 aliphatic heterocycles. The van der Waals surface area contributed by atoms with E-state index in [1.165, 1.54) is 34.0 Å². The predicted molar refractivity (Wildman–Crippen MR) is 144 cm³/mol. The molecule has 0 N–H and O–H groups in total. The molecule has 0 radical (unpaired) electrons. The summed E-state index contributed by atoms with van der Waals surface area (Å²) in [6.45, 7) is 3.85. The van der Waals surface area contributed by atoms with E-state index in [2.05, 4.69) is 11.6 Å². The molecule has 2 aromatic carbocycles. The third-order valence-electron chi connectivity index (χ3n) is 6.28. The maximum atomic E-state index is 13.3. The molecule has 38 heavy (non-hydrogen) atoms. The minimum Gasteiger partial charge on any atom is -0.456 e. The summed E-state index contributed by atoms with van der Waals surface area (Å²) in [5.74, 6) is 0.505. The Bertz CT molecular complexity index is 1390. The largest absolute Gasteiger partial charge is 0.456 e. The summed E-state index contributed by atoms with van der Waals surface area (Å²) in [5, 5.41) is 1.08. The number of hydrogen-bond acceptors (Lipinski definition) is 7. The Morgan fingerprint density at radius 3 is 2.68 bits per heavy atom. The zero-order chi connectivity index (χ0) is 27.2. The Hall–Kier alpha value is -3.40. The number of Topliss-reactive ketones (excluding diaryl/α,β-unsaturated/α-hetero) is 1. The molecule has 11 heteroatoms. The summed E-state index contributed by atoms with van der Waals surface area (Å²) in [7, 11) is 1.55. The SMILES string of the molecule is C=CCOC(=O)N1CCC[C@@H](OC)[C@@H]1CC(=O)Cn1cnc2cc(Cl)c(Oc3ccc(Cl)cc3)cc2c1=O. The molecule has 1 fully saturated rings. The summed E-state index contributed by atoms with van der Waals surface area (Å²) >= 11 is 12.3. The van der Waals surface area contributed by atoms with Gasteiger partial charge in [-0.15, -0.1) is 0 Å². The number of rotatable bonds is 9. The van der Waals surface area contributed by atoms with Crippen LogP contribution in [0.4, 0.5) is 4.79 Å². The molecule has 2 heterocycles. The molecule has 0 spiro atoms. The number of carbonyl (C=O) groups excluding carboxylic acids is 2. The van der Waals surface area contributed by atoms with E-state index in [9.17, 15) is 14.4 Å². The maximum absolute atomic E-state index is 13.3. The first-order valence-corrected chi connectivity index (χ1v) is 12.8. The second kappa shape index (κ2) is 12.4. The number of benzene rings is 2. The number of likely N-dealkylation sites (tertiary alicyclic amines) is 1. The summed E-state index contributed by atoms with van der Waals surface area (Å²) < 4.78 is 17.8. The third-order valence-corrected chi connectivity index (χ3v) is 6.83. The number of piperidine rings is 1. The number of ketones is 1. The van der Waals surface area contributed by atoms with Crippen molar-refractivity contribution in [2.75, 3.05) is 20.3 Å². The normalized spacial score (nSPS) is 17.3. The van der Waals surface area contributed by atoms with Crippen molar-refractivity contribution in [2.45, 2.75) is 38.0 Å². The zero-order valence-corrected chi connectivity index (χ0v) is 22.3. The van der Waals surface area contributed by atoms with Crippen molar-refractivity contribution in [1.29, 1.82) is 0 Å². The lowest BCUT2D eigenvalue weighted by atomic mass is 9.94. The van der Waals surface area contributed by atoms with Crippen LogP contribution in [0.25, 0.3) is 10.9 Å². The number of hydrogen-bond donors (Lipinski definition) is 0. The highest BCUT2D eigenvalue weighted by Gasteiger charge is 2.36. The van der Waals surface area contributed by atoms with Gasteiger partial charge in [-0.2, -0.15) is 0 Å². The molecule has 1 amide bonds. The van der Waals surface area contributed by atoms with Gasteiger partial charge in [0.2, 0.25) is 0 Å². The molecule has 3 aromatic rings. The quantitative estimate of drug-likeness (QED) is 0.330. The van der Waals surface area contributed by atoms with Gasteiger partial charge in [-0.1, -0.05) is 35.9 Å². The zero-order valence-electron chi connectivity index (χ0n) is 20.8. The van der Waals surface area contributed by atoms with E-state index < -0.39 is 17.7 Å². The number of fused-ring (bicyclic) bond motifs is 1. The Kier molecular flexibility index (Phi) is 9.04. The van der Waals surface area contributed by atoms with Gasteiger partial charge in [-0.3, -0.25) is 14.2 Å². The van der Waals surface area contributed by atoms with Gasteiger partial charge in [0.05, 0.1) is 40.9 Å². The first-order chi connectivity index (χ1) is 18.3. The van der Waals surface area contributed by atoms with Gasteiger partial charge in [0.1, 0.15) is 18.1 Å². The average Bonchev–Trinajstić information content (AvgIpc) is 2.91. The molecule has 0 unspecified atom stereocenters. The Morgan fingerprint density at radius 2 is 1.97 bits per heavy atom. The fraction of sp³-hybridized carbons (Fsp3) is 0.333. The minimum atomic E-state index is -0.529. The van der Waals surface area contributed by atoms with Crippen LogP contribution in [0.1, 0.15) is 19.3 Å². The summed E-state index contributed by atoms with van der Waals surface area (Å²) in [6, 6.07) is 9.23. The van der Waals surface area contributed by atoms with Crippen LogP contribution in [-0.4, -0.2) is 58.7 Å². The fourth-order valence-corrected chi connectivity index (χ4v) is 4.77. The lowest BCUT2D eigenvalue weighted by molar-refractivity contribution is -0.122. The lowest BCUT2D eigenvalue weighted by Crippen LogP contribution is -2.53. The van der Waals surface area contributed by atoms with Crippen molar-refractivity contribution >= 4 is 46.0 Å². The van der Waals surface area contributed by atoms with Crippen LogP contribution in [0.5, 0.6) is 11.5 Å². The molecule has 9 nitrogen and oxygen atoms in total. The highest BCUT2D eigenvalue weighted by atomic mass is 35.5. The van der Waals surface area contributed by atoms with Gasteiger partial charge in [0.15, 0.2) is 5.78 Å². The number of aromatic nitrogens is 2. The molecule has 2 atom stereocenters. The molecule has 0 saturated carbocycles. The van der Waals surface area contributed by atoms with Gasteiger partial charge in [0.25, 0.3) is 5.56 Å². The molecule has 0 bridgehead atoms. The second-order valence-corrected chi connectivity index (χ2v) is 9.66. The van der Waals surface area contributed by atoms with Crippen molar-refractivity contribution in [3.63, 3.8) is 0 Å². The number of carbonyl (C=O) groups is 2. The van der Waals surface area contributed by atoms with Crippen LogP contribution < -0.4 is 10.3 Å². The van der Waals surface area contributed by atoms with Crippen LogP contribution >= 0.6 is 23.2 Å². The van der Waals surface area contributed by atoms with Crippen LogP contribution in [0.2, 0.25) is 10.0 Å². The first kappa shape index (κ1) is 27.6. The number of ether oxygens (including phenoxy) is 3. The topological polar surface area (TPSA) is 100.0 Å². The summed E-state index contributed by atoms with van der Waals surface area (Å²) in [5.41, 5.74) is -0.0508. The maximum Gasteiger partial charge on any atom is 0.410 e. The van der Waals surface area contributed by atoms with Crippen LogP contribution in [0.15, 0.2) is 60.2 Å². The predicted octanol–water partition coefficient (Wildman–Crippen LogP) is 5.26. The Morgan fingerprint density at radius 1 is 1.21 bits per heavy atom. The van der Waals surface area contributed by atoms with E-state index in [-0.39, 0.29) is 47.6 Å². The molecular weight excluding hydrogens is 533 g/mol. The fourth-order valence-electron chi connectivity index (χ4n) is 4.45. The molecule has 4 rings (SSSR count). The minimum absolute atomic E-state index is 0.00226. The average molecular weight is 560 g/mol. The van der Waals surface area contributed by atoms with Crippen LogP contribution in [-0.2, 0) is 20.8 Å². The van der Waals surface area contributed by atoms with E-state index >= 15 is 0 Å². The van der Waals surface area contributed by atoms with Crippen molar-refractivity contribution in [3.05, 3.63) is 75.8 Å². The molecule has 1 aromatic heterocycles. The summed E-state index contributed by atoms with van der Waals surface area (Å²) in [4.78, 5) is 44.8. The molecule has 1 aliphatic rings.